The Bertz CT molecular complexity index is 1010. The van der Waals surface area contributed by atoms with Crippen LogP contribution in [0.15, 0.2) is 47.8 Å². The highest BCUT2D eigenvalue weighted by Crippen LogP contribution is 2.36. The van der Waals surface area contributed by atoms with Gasteiger partial charge in [0.15, 0.2) is 6.61 Å². The Labute approximate surface area is 181 Å². The molecule has 3 aromatic rings. The van der Waals surface area contributed by atoms with Gasteiger partial charge >= 0.3 is 0 Å². The number of nitrogens with zero attached hydrogens (tertiary/aromatic N) is 2. The molecule has 0 unspecified atom stereocenters. The fourth-order valence-corrected chi connectivity index (χ4v) is 4.34. The molecule has 1 aliphatic heterocycles. The zero-order chi connectivity index (χ0) is 20.9. The van der Waals surface area contributed by atoms with Crippen molar-refractivity contribution in [1.82, 2.24) is 4.98 Å². The summed E-state index contributed by atoms with van der Waals surface area (Å²) < 4.78 is 11.5. The lowest BCUT2D eigenvalue weighted by molar-refractivity contribution is -0.121. The number of carbonyl (C=O) groups is 1. The fourth-order valence-electron chi connectivity index (χ4n) is 3.43. The van der Waals surface area contributed by atoms with Crippen molar-refractivity contribution in [1.29, 1.82) is 0 Å². The summed E-state index contributed by atoms with van der Waals surface area (Å²) in [6.07, 6.45) is 2.81. The summed E-state index contributed by atoms with van der Waals surface area (Å²) in [7, 11) is 0. The summed E-state index contributed by atoms with van der Waals surface area (Å²) in [5, 5.41) is 3.22. The maximum Gasteiger partial charge on any atom is 0.265 e. The van der Waals surface area contributed by atoms with Gasteiger partial charge in [0.1, 0.15) is 11.5 Å². The summed E-state index contributed by atoms with van der Waals surface area (Å²) in [4.78, 5) is 19.1. The number of fused-ring (bicyclic) bond motifs is 1. The second-order valence-electron chi connectivity index (χ2n) is 7.41. The summed E-state index contributed by atoms with van der Waals surface area (Å²) in [6, 6.07) is 14.0. The molecule has 1 aliphatic rings. The van der Waals surface area contributed by atoms with Crippen LogP contribution in [0.1, 0.15) is 30.3 Å². The number of carbonyl (C=O) groups excluding carboxylic acids is 1. The number of hydrogen-bond donors (Lipinski definition) is 0. The molecule has 0 fully saturated rings. The molecule has 0 saturated carbocycles. The number of rotatable bonds is 8. The van der Waals surface area contributed by atoms with Crippen LogP contribution in [0.2, 0.25) is 0 Å². The van der Waals surface area contributed by atoms with Gasteiger partial charge in [0.2, 0.25) is 0 Å². The Morgan fingerprint density at radius 1 is 1.20 bits per heavy atom. The molecule has 6 heteroatoms. The molecule has 4 rings (SSSR count). The predicted molar refractivity (Wildman–Crippen MR) is 121 cm³/mol. The van der Waals surface area contributed by atoms with Gasteiger partial charge in [0.25, 0.3) is 5.91 Å². The zero-order valence-electron chi connectivity index (χ0n) is 17.4. The number of aromatic nitrogens is 1. The van der Waals surface area contributed by atoms with Crippen molar-refractivity contribution >= 4 is 22.9 Å². The molecular weight excluding hydrogens is 396 g/mol. The minimum Gasteiger partial charge on any atom is -0.494 e. The Morgan fingerprint density at radius 2 is 2.03 bits per heavy atom. The van der Waals surface area contributed by atoms with E-state index in [-0.39, 0.29) is 12.5 Å². The van der Waals surface area contributed by atoms with Crippen LogP contribution in [-0.4, -0.2) is 30.6 Å². The molecule has 156 valence electrons. The van der Waals surface area contributed by atoms with Gasteiger partial charge in [-0.3, -0.25) is 4.79 Å². The van der Waals surface area contributed by atoms with Crippen LogP contribution in [0.4, 0.5) is 5.69 Å². The number of amides is 1. The highest BCUT2D eigenvalue weighted by atomic mass is 32.1. The Morgan fingerprint density at radius 3 is 2.83 bits per heavy atom. The lowest BCUT2D eigenvalue weighted by Gasteiger charge is -2.29. The second kappa shape index (κ2) is 9.30. The minimum absolute atomic E-state index is 0.0278. The first-order valence-corrected chi connectivity index (χ1v) is 11.2. The quantitative estimate of drug-likeness (QED) is 0.464. The number of aryl methyl sites for hydroxylation is 2. The molecule has 5 nitrogen and oxygen atoms in total. The standard InChI is InChI=1S/C24H26N2O3S/c1-3-5-23-25-20(16-30-23)18-8-11-22-21(14-18)26(24(27)15-29-22)12-4-13-28-19-9-6-17(2)7-10-19/h6-11,14,16H,3-5,12-13,15H2,1-2H3. The largest absolute Gasteiger partial charge is 0.494 e. The molecule has 0 atom stereocenters. The van der Waals surface area contributed by atoms with E-state index < -0.39 is 0 Å². The van der Waals surface area contributed by atoms with Crippen molar-refractivity contribution in [3.63, 3.8) is 0 Å². The first-order valence-electron chi connectivity index (χ1n) is 10.4. The average Bonchev–Trinajstić information content (AvgIpc) is 3.22. The molecule has 30 heavy (non-hydrogen) atoms. The third-order valence-corrected chi connectivity index (χ3v) is 5.94. The number of benzene rings is 2. The predicted octanol–water partition coefficient (Wildman–Crippen LogP) is 5.27. The van der Waals surface area contributed by atoms with Crippen LogP contribution in [-0.2, 0) is 11.2 Å². The van der Waals surface area contributed by atoms with Gasteiger partial charge < -0.3 is 14.4 Å². The monoisotopic (exact) mass is 422 g/mol. The molecule has 0 saturated heterocycles. The van der Waals surface area contributed by atoms with Crippen molar-refractivity contribution in [3.05, 3.63) is 58.4 Å². The van der Waals surface area contributed by atoms with Crippen LogP contribution in [0, 0.1) is 6.92 Å². The van der Waals surface area contributed by atoms with E-state index in [0.29, 0.717) is 13.2 Å². The Hall–Kier alpha value is -2.86. The molecule has 0 N–H and O–H groups in total. The summed E-state index contributed by atoms with van der Waals surface area (Å²) in [5.41, 5.74) is 3.97. The molecule has 0 radical (unpaired) electrons. The van der Waals surface area contributed by atoms with Crippen molar-refractivity contribution in [2.75, 3.05) is 24.7 Å². The Kier molecular flexibility index (Phi) is 6.33. The topological polar surface area (TPSA) is 51.7 Å². The SMILES string of the molecule is CCCc1nc(-c2ccc3c(c2)N(CCCOc2ccc(C)cc2)C(=O)CO3)cs1. The van der Waals surface area contributed by atoms with Crippen LogP contribution in [0.25, 0.3) is 11.3 Å². The normalized spacial score (nSPS) is 13.1. The van der Waals surface area contributed by atoms with E-state index in [2.05, 4.69) is 19.2 Å². The first-order chi connectivity index (χ1) is 14.6. The Balaban J connectivity index is 1.45. The number of hydrogen-bond acceptors (Lipinski definition) is 5. The summed E-state index contributed by atoms with van der Waals surface area (Å²) in [5.74, 6) is 1.56. The third-order valence-electron chi connectivity index (χ3n) is 5.03. The van der Waals surface area contributed by atoms with Crippen LogP contribution in [0.5, 0.6) is 11.5 Å². The average molecular weight is 423 g/mol. The highest BCUT2D eigenvalue weighted by Gasteiger charge is 2.26. The van der Waals surface area contributed by atoms with Gasteiger partial charge in [-0.15, -0.1) is 11.3 Å². The van der Waals surface area contributed by atoms with E-state index in [4.69, 9.17) is 14.5 Å². The molecular formula is C24H26N2O3S. The van der Waals surface area contributed by atoms with Crippen LogP contribution < -0.4 is 14.4 Å². The van der Waals surface area contributed by atoms with Gasteiger partial charge in [0.05, 0.1) is 23.0 Å². The van der Waals surface area contributed by atoms with Crippen molar-refractivity contribution in [3.8, 4) is 22.8 Å². The number of thiazole rings is 1. The van der Waals surface area contributed by atoms with Gasteiger partial charge in [-0.1, -0.05) is 24.6 Å². The summed E-state index contributed by atoms with van der Waals surface area (Å²) in [6.45, 7) is 5.42. The van der Waals surface area contributed by atoms with E-state index in [1.54, 1.807) is 16.2 Å². The van der Waals surface area contributed by atoms with Crippen LogP contribution in [0.3, 0.4) is 0 Å². The molecule has 1 amide bonds. The third kappa shape index (κ3) is 4.65. The van der Waals surface area contributed by atoms with Crippen molar-refractivity contribution in [2.45, 2.75) is 33.1 Å². The van der Waals surface area contributed by atoms with Gasteiger partial charge in [-0.25, -0.2) is 4.98 Å². The second-order valence-corrected chi connectivity index (χ2v) is 8.35. The van der Waals surface area contributed by atoms with E-state index in [9.17, 15) is 4.79 Å². The van der Waals surface area contributed by atoms with E-state index in [0.717, 1.165) is 52.7 Å². The smallest absolute Gasteiger partial charge is 0.265 e. The number of anilines is 1. The maximum absolute atomic E-state index is 12.5. The van der Waals surface area contributed by atoms with Gasteiger partial charge in [0, 0.05) is 17.5 Å². The molecule has 1 aromatic heterocycles. The highest BCUT2D eigenvalue weighted by molar-refractivity contribution is 7.09. The number of ether oxygens (including phenoxy) is 2. The van der Waals surface area contributed by atoms with Gasteiger partial charge in [-0.2, -0.15) is 0 Å². The molecule has 0 spiro atoms. The van der Waals surface area contributed by atoms with E-state index in [1.165, 1.54) is 5.56 Å². The van der Waals surface area contributed by atoms with E-state index in [1.807, 2.05) is 42.5 Å². The zero-order valence-corrected chi connectivity index (χ0v) is 18.2. The maximum atomic E-state index is 12.5. The molecule has 2 aromatic carbocycles. The minimum atomic E-state index is -0.0278. The lowest BCUT2D eigenvalue weighted by Crippen LogP contribution is -2.39. The van der Waals surface area contributed by atoms with E-state index >= 15 is 0 Å². The van der Waals surface area contributed by atoms with Crippen molar-refractivity contribution in [2.24, 2.45) is 0 Å². The molecule has 2 heterocycles. The summed E-state index contributed by atoms with van der Waals surface area (Å²) >= 11 is 1.68. The molecule has 0 bridgehead atoms. The fraction of sp³-hybridized carbons (Fsp3) is 0.333. The van der Waals surface area contributed by atoms with Gasteiger partial charge in [-0.05, 0) is 56.5 Å². The molecule has 0 aliphatic carbocycles. The first kappa shape index (κ1) is 20.4. The van der Waals surface area contributed by atoms with Crippen LogP contribution >= 0.6 is 11.3 Å². The van der Waals surface area contributed by atoms with Crippen molar-refractivity contribution < 1.29 is 14.3 Å². The lowest BCUT2D eigenvalue weighted by atomic mass is 10.1.